The highest BCUT2D eigenvalue weighted by atomic mass is 32.2. The second-order valence-corrected chi connectivity index (χ2v) is 12.0. The van der Waals surface area contributed by atoms with E-state index in [9.17, 15) is 18.0 Å². The molecule has 0 aliphatic carbocycles. The Labute approximate surface area is 231 Å². The van der Waals surface area contributed by atoms with Gasteiger partial charge in [-0.2, -0.15) is 0 Å². The first-order valence-corrected chi connectivity index (χ1v) is 14.4. The van der Waals surface area contributed by atoms with Crippen LogP contribution in [0.3, 0.4) is 0 Å². The van der Waals surface area contributed by atoms with Crippen molar-refractivity contribution in [3.8, 4) is 0 Å². The number of carbonyl (C=O) groups is 2. The van der Waals surface area contributed by atoms with Crippen LogP contribution in [0.4, 0.5) is 4.79 Å². The second kappa shape index (κ2) is 13.8. The van der Waals surface area contributed by atoms with Gasteiger partial charge < -0.3 is 15.4 Å². The van der Waals surface area contributed by atoms with E-state index in [1.165, 1.54) is 18.2 Å². The van der Waals surface area contributed by atoms with Gasteiger partial charge in [-0.1, -0.05) is 84.9 Å². The van der Waals surface area contributed by atoms with Crippen LogP contribution in [0.25, 0.3) is 0 Å². The van der Waals surface area contributed by atoms with Crippen LogP contribution in [-0.4, -0.2) is 38.1 Å². The predicted octanol–water partition coefficient (Wildman–Crippen LogP) is 5.23. The third-order valence-electron chi connectivity index (χ3n) is 5.77. The molecule has 0 fully saturated rings. The molecule has 206 valence electrons. The third kappa shape index (κ3) is 10.4. The molecule has 0 saturated carbocycles. The number of carbonyl (C=O) groups excluding carboxylic acids is 2. The van der Waals surface area contributed by atoms with E-state index < -0.39 is 39.5 Å². The van der Waals surface area contributed by atoms with Crippen LogP contribution in [0, 0.1) is 0 Å². The van der Waals surface area contributed by atoms with E-state index in [4.69, 9.17) is 4.74 Å². The Bertz CT molecular complexity index is 1340. The van der Waals surface area contributed by atoms with Crippen LogP contribution in [-0.2, 0) is 32.2 Å². The molecule has 0 aromatic heterocycles. The van der Waals surface area contributed by atoms with Crippen LogP contribution in [0.1, 0.15) is 38.3 Å². The maximum absolute atomic E-state index is 13.5. The van der Waals surface area contributed by atoms with Crippen LogP contribution in [0.2, 0.25) is 0 Å². The van der Waals surface area contributed by atoms with E-state index in [0.29, 0.717) is 12.8 Å². The molecule has 0 heterocycles. The van der Waals surface area contributed by atoms with E-state index in [-0.39, 0.29) is 11.3 Å². The summed E-state index contributed by atoms with van der Waals surface area (Å²) >= 11 is 0. The molecule has 0 aliphatic rings. The first-order chi connectivity index (χ1) is 18.5. The average Bonchev–Trinajstić information content (AvgIpc) is 2.90. The molecular weight excluding hydrogens is 512 g/mol. The van der Waals surface area contributed by atoms with Crippen molar-refractivity contribution in [2.24, 2.45) is 0 Å². The van der Waals surface area contributed by atoms with Crippen molar-refractivity contribution in [2.45, 2.75) is 62.6 Å². The summed E-state index contributed by atoms with van der Waals surface area (Å²) in [6, 6.07) is 25.7. The van der Waals surface area contributed by atoms with Crippen molar-refractivity contribution in [3.63, 3.8) is 0 Å². The van der Waals surface area contributed by atoms with Crippen LogP contribution >= 0.6 is 0 Å². The summed E-state index contributed by atoms with van der Waals surface area (Å²) < 4.78 is 31.1. The first kappa shape index (κ1) is 29.6. The molecule has 0 saturated heterocycles. The molecule has 7 nitrogen and oxygen atoms in total. The van der Waals surface area contributed by atoms with Gasteiger partial charge in [0.15, 0.2) is 9.84 Å². The summed E-state index contributed by atoms with van der Waals surface area (Å²) in [4.78, 5) is 26.2. The summed E-state index contributed by atoms with van der Waals surface area (Å²) in [5.74, 6) is -0.440. The van der Waals surface area contributed by atoms with Gasteiger partial charge in [-0.25, -0.2) is 13.2 Å². The lowest BCUT2D eigenvalue weighted by Gasteiger charge is -2.25. The summed E-state index contributed by atoms with van der Waals surface area (Å²) in [5, 5.41) is 6.75. The van der Waals surface area contributed by atoms with Crippen molar-refractivity contribution in [1.82, 2.24) is 10.6 Å². The number of amides is 2. The number of rotatable bonds is 11. The van der Waals surface area contributed by atoms with Gasteiger partial charge >= 0.3 is 6.09 Å². The zero-order chi connectivity index (χ0) is 28.3. The number of alkyl carbamates (subject to hydrolysis) is 1. The Hall–Kier alpha value is -3.91. The Morgan fingerprint density at radius 1 is 0.821 bits per heavy atom. The standard InChI is InChI=1S/C31H36N2O5S/c1-31(2,3)38-30(35)33-28(23-25-15-9-5-10-16-25)29(34)32-26(20-19-24-13-7-4-8-14-24)21-22-39(36,37)27-17-11-6-12-18-27/h4-18,21-22,26,28H,19-20,23H2,1-3H3,(H,32,34)(H,33,35)/b22-21+/t26-,28-/m0/s1. The Morgan fingerprint density at radius 2 is 1.36 bits per heavy atom. The first-order valence-electron chi connectivity index (χ1n) is 12.9. The minimum atomic E-state index is -3.70. The Morgan fingerprint density at radius 3 is 1.92 bits per heavy atom. The van der Waals surface area contributed by atoms with E-state index in [1.54, 1.807) is 39.0 Å². The van der Waals surface area contributed by atoms with Gasteiger partial charge in [0.05, 0.1) is 4.90 Å². The van der Waals surface area contributed by atoms with Gasteiger partial charge in [0.25, 0.3) is 0 Å². The summed E-state index contributed by atoms with van der Waals surface area (Å²) in [6.07, 6.45) is 2.10. The number of sulfone groups is 1. The molecule has 39 heavy (non-hydrogen) atoms. The normalized spacial score (nSPS) is 13.4. The zero-order valence-electron chi connectivity index (χ0n) is 22.5. The van der Waals surface area contributed by atoms with Gasteiger partial charge in [-0.05, 0) is 56.9 Å². The third-order valence-corrected chi connectivity index (χ3v) is 7.21. The smallest absolute Gasteiger partial charge is 0.408 e. The molecule has 0 radical (unpaired) electrons. The fraction of sp³-hybridized carbons (Fsp3) is 0.290. The quantitative estimate of drug-likeness (QED) is 0.342. The SMILES string of the molecule is CC(C)(C)OC(=O)N[C@@H](Cc1ccccc1)C(=O)N[C@H](/C=C/S(=O)(=O)c1ccccc1)CCc1ccccc1. The van der Waals surface area contributed by atoms with Crippen LogP contribution < -0.4 is 10.6 Å². The fourth-order valence-corrected chi connectivity index (χ4v) is 4.95. The van der Waals surface area contributed by atoms with Crippen molar-refractivity contribution < 1.29 is 22.7 Å². The average molecular weight is 549 g/mol. The molecule has 0 bridgehead atoms. The molecule has 3 aromatic rings. The van der Waals surface area contributed by atoms with Crippen LogP contribution in [0.5, 0.6) is 0 Å². The molecule has 2 N–H and O–H groups in total. The molecule has 3 rings (SSSR count). The number of nitrogens with one attached hydrogen (secondary N) is 2. The molecule has 3 aromatic carbocycles. The zero-order valence-corrected chi connectivity index (χ0v) is 23.4. The summed E-state index contributed by atoms with van der Waals surface area (Å²) in [5.41, 5.74) is 1.19. The molecular formula is C31H36N2O5S. The molecule has 0 unspecified atom stereocenters. The highest BCUT2D eigenvalue weighted by Crippen LogP contribution is 2.14. The summed E-state index contributed by atoms with van der Waals surface area (Å²) in [6.45, 7) is 5.24. The van der Waals surface area contributed by atoms with E-state index >= 15 is 0 Å². The maximum Gasteiger partial charge on any atom is 0.408 e. The van der Waals surface area contributed by atoms with Gasteiger partial charge in [-0.15, -0.1) is 0 Å². The van der Waals surface area contributed by atoms with Gasteiger partial charge in [0, 0.05) is 17.9 Å². The van der Waals surface area contributed by atoms with Gasteiger partial charge in [-0.3, -0.25) is 4.79 Å². The lowest BCUT2D eigenvalue weighted by molar-refractivity contribution is -0.123. The van der Waals surface area contributed by atoms with E-state index in [2.05, 4.69) is 10.6 Å². The van der Waals surface area contributed by atoms with Gasteiger partial charge in [0.2, 0.25) is 5.91 Å². The molecule has 0 aliphatic heterocycles. The minimum absolute atomic E-state index is 0.169. The highest BCUT2D eigenvalue weighted by Gasteiger charge is 2.26. The highest BCUT2D eigenvalue weighted by molar-refractivity contribution is 7.94. The predicted molar refractivity (Wildman–Crippen MR) is 153 cm³/mol. The number of hydrogen-bond acceptors (Lipinski definition) is 5. The topological polar surface area (TPSA) is 102 Å². The van der Waals surface area contributed by atoms with Gasteiger partial charge in [0.1, 0.15) is 11.6 Å². The number of aryl methyl sites for hydroxylation is 1. The molecule has 0 spiro atoms. The Balaban J connectivity index is 1.82. The monoisotopic (exact) mass is 548 g/mol. The van der Waals surface area contributed by atoms with Crippen molar-refractivity contribution in [2.75, 3.05) is 0 Å². The number of benzene rings is 3. The number of ether oxygens (including phenoxy) is 1. The van der Waals surface area contributed by atoms with E-state index in [0.717, 1.165) is 16.5 Å². The summed E-state index contributed by atoms with van der Waals surface area (Å²) in [7, 11) is -3.70. The lowest BCUT2D eigenvalue weighted by Crippen LogP contribution is -2.51. The Kier molecular flexibility index (Phi) is 10.5. The van der Waals surface area contributed by atoms with Crippen molar-refractivity contribution >= 4 is 21.8 Å². The maximum atomic E-state index is 13.5. The number of hydrogen-bond donors (Lipinski definition) is 2. The van der Waals surface area contributed by atoms with E-state index in [1.807, 2.05) is 60.7 Å². The van der Waals surface area contributed by atoms with Crippen molar-refractivity contribution in [3.05, 3.63) is 114 Å². The molecule has 2 atom stereocenters. The lowest BCUT2D eigenvalue weighted by atomic mass is 10.0. The molecule has 8 heteroatoms. The fourth-order valence-electron chi connectivity index (χ4n) is 3.86. The van der Waals surface area contributed by atoms with Crippen molar-refractivity contribution in [1.29, 1.82) is 0 Å². The minimum Gasteiger partial charge on any atom is -0.444 e. The second-order valence-electron chi connectivity index (χ2n) is 10.2. The molecule has 2 amide bonds. The largest absolute Gasteiger partial charge is 0.444 e. The van der Waals surface area contributed by atoms with Crippen LogP contribution in [0.15, 0.2) is 107 Å².